The molecule has 82 valence electrons. The van der Waals surface area contributed by atoms with Crippen molar-refractivity contribution < 1.29 is 9.53 Å². The van der Waals surface area contributed by atoms with Gasteiger partial charge in [-0.05, 0) is 34.1 Å². The van der Waals surface area contributed by atoms with E-state index in [9.17, 15) is 4.79 Å². The molecule has 0 rings (SSSR count). The summed E-state index contributed by atoms with van der Waals surface area (Å²) in [6.07, 6.45) is 1.04. The number of nitrogens with one attached hydrogen (secondary N) is 1. The highest BCUT2D eigenvalue weighted by Crippen LogP contribution is 2.04. The summed E-state index contributed by atoms with van der Waals surface area (Å²) in [5.41, 5.74) is 1.56. The summed E-state index contributed by atoms with van der Waals surface area (Å²) in [5, 5.41) is 3.25. The first-order valence-corrected chi connectivity index (χ1v) is 5.14. The van der Waals surface area contributed by atoms with Crippen molar-refractivity contribution in [2.75, 3.05) is 6.61 Å². The second kappa shape index (κ2) is 6.46. The molecule has 14 heavy (non-hydrogen) atoms. The van der Waals surface area contributed by atoms with Crippen LogP contribution in [-0.4, -0.2) is 18.6 Å². The molecular weight excluding hydrogens is 178 g/mol. The van der Waals surface area contributed by atoms with E-state index in [2.05, 4.69) is 19.2 Å². The molecule has 1 unspecified atom stereocenters. The van der Waals surface area contributed by atoms with Gasteiger partial charge in [-0.25, -0.2) is 4.79 Å². The van der Waals surface area contributed by atoms with Crippen molar-refractivity contribution in [1.29, 1.82) is 0 Å². The van der Waals surface area contributed by atoms with E-state index >= 15 is 0 Å². The Hall–Kier alpha value is -0.990. The van der Waals surface area contributed by atoms with Gasteiger partial charge in [0.25, 0.3) is 0 Å². The molecule has 0 spiro atoms. The molecule has 0 radical (unpaired) electrons. The predicted molar refractivity (Wildman–Crippen MR) is 57.9 cm³/mol. The largest absolute Gasteiger partial charge is 0.463 e. The fraction of sp³-hybridized carbons (Fsp3) is 0.727. The number of rotatable bonds is 5. The minimum Gasteiger partial charge on any atom is -0.463 e. The SMILES string of the molecule is CCOC(=O)C(C)=C(C)NC(C)CC. The number of ether oxygens (including phenoxy) is 1. The average molecular weight is 199 g/mol. The van der Waals surface area contributed by atoms with Gasteiger partial charge in [-0.1, -0.05) is 6.92 Å². The molecule has 0 fully saturated rings. The zero-order valence-electron chi connectivity index (χ0n) is 9.81. The molecule has 0 aliphatic heterocycles. The van der Waals surface area contributed by atoms with Crippen LogP contribution in [0.4, 0.5) is 0 Å². The van der Waals surface area contributed by atoms with Crippen molar-refractivity contribution in [1.82, 2.24) is 5.32 Å². The minimum atomic E-state index is -0.235. The lowest BCUT2D eigenvalue weighted by Crippen LogP contribution is -2.25. The summed E-state index contributed by atoms with van der Waals surface area (Å²) in [7, 11) is 0. The maximum Gasteiger partial charge on any atom is 0.335 e. The molecule has 0 aromatic rings. The van der Waals surface area contributed by atoms with Gasteiger partial charge in [0.2, 0.25) is 0 Å². The maximum absolute atomic E-state index is 11.3. The molecule has 0 aliphatic carbocycles. The third-order valence-electron chi connectivity index (χ3n) is 2.22. The highest BCUT2D eigenvalue weighted by Gasteiger charge is 2.09. The molecule has 0 aliphatic rings. The van der Waals surface area contributed by atoms with E-state index in [4.69, 9.17) is 4.74 Å². The van der Waals surface area contributed by atoms with Gasteiger partial charge in [0, 0.05) is 11.7 Å². The Bertz CT molecular complexity index is 221. The molecule has 1 N–H and O–H groups in total. The Morgan fingerprint density at radius 2 is 1.93 bits per heavy atom. The molecule has 0 saturated carbocycles. The molecule has 3 heteroatoms. The molecule has 0 heterocycles. The van der Waals surface area contributed by atoms with Crippen LogP contribution in [0, 0.1) is 0 Å². The Morgan fingerprint density at radius 3 is 2.36 bits per heavy atom. The van der Waals surface area contributed by atoms with E-state index in [0.717, 1.165) is 12.1 Å². The zero-order chi connectivity index (χ0) is 11.1. The maximum atomic E-state index is 11.3. The second-order valence-electron chi connectivity index (χ2n) is 3.42. The van der Waals surface area contributed by atoms with Crippen molar-refractivity contribution in [3.8, 4) is 0 Å². The summed E-state index contributed by atoms with van der Waals surface area (Å²) >= 11 is 0. The molecule has 0 aromatic carbocycles. The number of hydrogen-bond acceptors (Lipinski definition) is 3. The van der Waals surface area contributed by atoms with Crippen LogP contribution in [0.1, 0.15) is 41.0 Å². The monoisotopic (exact) mass is 199 g/mol. The third kappa shape index (κ3) is 4.30. The first-order chi connectivity index (χ1) is 6.52. The van der Waals surface area contributed by atoms with Gasteiger partial charge in [0.15, 0.2) is 0 Å². The Balaban J connectivity index is 4.34. The molecule has 0 aromatic heterocycles. The van der Waals surface area contributed by atoms with Crippen molar-refractivity contribution in [3.63, 3.8) is 0 Å². The van der Waals surface area contributed by atoms with Gasteiger partial charge in [0.1, 0.15) is 0 Å². The average Bonchev–Trinajstić information content (AvgIpc) is 2.16. The minimum absolute atomic E-state index is 0.235. The highest BCUT2D eigenvalue weighted by atomic mass is 16.5. The standard InChI is InChI=1S/C11H21NO2/c1-6-8(3)12-10(5)9(4)11(13)14-7-2/h8,12H,6-7H2,1-5H3. The summed E-state index contributed by atoms with van der Waals surface area (Å²) in [6.45, 7) is 10.1. The van der Waals surface area contributed by atoms with E-state index in [1.807, 2.05) is 13.8 Å². The fourth-order valence-electron chi connectivity index (χ4n) is 0.972. The van der Waals surface area contributed by atoms with E-state index in [0.29, 0.717) is 18.2 Å². The smallest absolute Gasteiger partial charge is 0.335 e. The van der Waals surface area contributed by atoms with Crippen LogP contribution in [-0.2, 0) is 9.53 Å². The van der Waals surface area contributed by atoms with Crippen LogP contribution in [0.25, 0.3) is 0 Å². The van der Waals surface area contributed by atoms with E-state index < -0.39 is 0 Å². The van der Waals surface area contributed by atoms with Crippen molar-refractivity contribution >= 4 is 5.97 Å². The van der Waals surface area contributed by atoms with Gasteiger partial charge in [-0.15, -0.1) is 0 Å². The molecule has 0 bridgehead atoms. The van der Waals surface area contributed by atoms with E-state index in [-0.39, 0.29) is 5.97 Å². The number of carbonyl (C=O) groups excluding carboxylic acids is 1. The number of hydrogen-bond donors (Lipinski definition) is 1. The lowest BCUT2D eigenvalue weighted by molar-refractivity contribution is -0.138. The number of carbonyl (C=O) groups is 1. The number of esters is 1. The van der Waals surface area contributed by atoms with Crippen LogP contribution in [0.2, 0.25) is 0 Å². The first kappa shape index (κ1) is 13.0. The van der Waals surface area contributed by atoms with Crippen LogP contribution >= 0.6 is 0 Å². The highest BCUT2D eigenvalue weighted by molar-refractivity contribution is 5.88. The van der Waals surface area contributed by atoms with E-state index in [1.165, 1.54) is 0 Å². The normalized spacial score (nSPS) is 14.4. The lowest BCUT2D eigenvalue weighted by Gasteiger charge is -2.15. The van der Waals surface area contributed by atoms with Crippen molar-refractivity contribution in [3.05, 3.63) is 11.3 Å². The Kier molecular flexibility index (Phi) is 6.00. The second-order valence-corrected chi connectivity index (χ2v) is 3.42. The fourth-order valence-corrected chi connectivity index (χ4v) is 0.972. The quantitative estimate of drug-likeness (QED) is 0.545. The topological polar surface area (TPSA) is 38.3 Å². The lowest BCUT2D eigenvalue weighted by atomic mass is 10.2. The Labute approximate surface area is 86.5 Å². The molecule has 1 atom stereocenters. The van der Waals surface area contributed by atoms with Crippen molar-refractivity contribution in [2.24, 2.45) is 0 Å². The summed E-state index contributed by atoms with van der Waals surface area (Å²) in [5.74, 6) is -0.235. The van der Waals surface area contributed by atoms with Gasteiger partial charge in [-0.3, -0.25) is 0 Å². The van der Waals surface area contributed by atoms with Gasteiger partial charge in [0.05, 0.1) is 12.2 Å². The molecule has 3 nitrogen and oxygen atoms in total. The van der Waals surface area contributed by atoms with E-state index in [1.54, 1.807) is 6.92 Å². The zero-order valence-corrected chi connectivity index (χ0v) is 9.81. The third-order valence-corrected chi connectivity index (χ3v) is 2.22. The molecule has 0 saturated heterocycles. The summed E-state index contributed by atoms with van der Waals surface area (Å²) < 4.78 is 4.90. The van der Waals surface area contributed by atoms with Gasteiger partial charge in [-0.2, -0.15) is 0 Å². The van der Waals surface area contributed by atoms with Crippen LogP contribution < -0.4 is 5.32 Å². The molecular formula is C11H21NO2. The number of allylic oxidation sites excluding steroid dienone is 1. The Morgan fingerprint density at radius 1 is 1.36 bits per heavy atom. The van der Waals surface area contributed by atoms with Gasteiger partial charge < -0.3 is 10.1 Å². The van der Waals surface area contributed by atoms with Crippen LogP contribution in [0.5, 0.6) is 0 Å². The van der Waals surface area contributed by atoms with Crippen molar-refractivity contribution in [2.45, 2.75) is 47.1 Å². The first-order valence-electron chi connectivity index (χ1n) is 5.14. The van der Waals surface area contributed by atoms with Crippen LogP contribution in [0.3, 0.4) is 0 Å². The van der Waals surface area contributed by atoms with Gasteiger partial charge >= 0.3 is 5.97 Å². The van der Waals surface area contributed by atoms with Crippen LogP contribution in [0.15, 0.2) is 11.3 Å². The summed E-state index contributed by atoms with van der Waals surface area (Å²) in [6, 6.07) is 0.388. The summed E-state index contributed by atoms with van der Waals surface area (Å²) in [4.78, 5) is 11.3. The predicted octanol–water partition coefficient (Wildman–Crippen LogP) is 2.23. The molecule has 0 amide bonds.